The lowest BCUT2D eigenvalue weighted by molar-refractivity contribution is -0.117. The molecule has 0 spiro atoms. The van der Waals surface area contributed by atoms with E-state index in [4.69, 9.17) is 5.73 Å². The van der Waals surface area contributed by atoms with Crippen molar-refractivity contribution in [3.8, 4) is 10.7 Å². The Hall–Kier alpha value is -2.94. The molecule has 1 aliphatic carbocycles. The van der Waals surface area contributed by atoms with Crippen molar-refractivity contribution >= 4 is 23.1 Å². The fraction of sp³-hybridized carbons (Fsp3) is 0.350. The van der Waals surface area contributed by atoms with Crippen molar-refractivity contribution in [3.63, 3.8) is 0 Å². The molecule has 9 heteroatoms. The van der Waals surface area contributed by atoms with Gasteiger partial charge in [0, 0.05) is 29.2 Å². The first-order valence-corrected chi connectivity index (χ1v) is 10.2. The summed E-state index contributed by atoms with van der Waals surface area (Å²) in [5, 5.41) is 12.6. The van der Waals surface area contributed by atoms with E-state index < -0.39 is 5.91 Å². The smallest absolute Gasteiger partial charge is 0.222 e. The summed E-state index contributed by atoms with van der Waals surface area (Å²) in [4.78, 5) is 20.5. The molecule has 0 atom stereocenters. The summed E-state index contributed by atoms with van der Waals surface area (Å²) in [5.41, 5.74) is 7.03. The van der Waals surface area contributed by atoms with Crippen LogP contribution in [0.3, 0.4) is 0 Å². The fourth-order valence-corrected chi connectivity index (χ4v) is 4.56. The number of anilines is 1. The molecule has 3 aromatic rings. The summed E-state index contributed by atoms with van der Waals surface area (Å²) in [6.07, 6.45) is 6.27. The number of primary amides is 1. The van der Waals surface area contributed by atoms with E-state index in [2.05, 4.69) is 25.5 Å². The number of hydrogen-bond donors (Lipinski definition) is 2. The van der Waals surface area contributed by atoms with Gasteiger partial charge in [0.2, 0.25) is 5.91 Å². The third kappa shape index (κ3) is 3.95. The van der Waals surface area contributed by atoms with Crippen molar-refractivity contribution in [2.75, 3.05) is 11.9 Å². The summed E-state index contributed by atoms with van der Waals surface area (Å²) < 4.78 is 14.3. The van der Waals surface area contributed by atoms with Crippen LogP contribution in [0.5, 0.6) is 0 Å². The van der Waals surface area contributed by atoms with Crippen LogP contribution < -0.4 is 11.1 Å². The van der Waals surface area contributed by atoms with Crippen LogP contribution in [0.4, 0.5) is 10.2 Å². The van der Waals surface area contributed by atoms with Crippen LogP contribution in [-0.4, -0.2) is 32.6 Å². The molecule has 0 aromatic carbocycles. The number of aromatic nitrogens is 4. The zero-order valence-corrected chi connectivity index (χ0v) is 16.8. The average Bonchev–Trinajstić information content (AvgIpc) is 3.09. The lowest BCUT2D eigenvalue weighted by Gasteiger charge is -2.41. The van der Waals surface area contributed by atoms with E-state index >= 15 is 0 Å². The normalized spacial score (nSPS) is 15.0. The number of carbonyl (C=O) groups excluding carboxylic acids is 1. The minimum Gasteiger partial charge on any atom is -0.369 e. The molecular formula is C20H21FN6OS. The molecule has 4 rings (SSSR count). The van der Waals surface area contributed by atoms with Crippen molar-refractivity contribution in [1.82, 2.24) is 20.2 Å². The van der Waals surface area contributed by atoms with Crippen LogP contribution in [0.2, 0.25) is 0 Å². The molecule has 0 bridgehead atoms. The maximum absolute atomic E-state index is 14.3. The second-order valence-corrected chi connectivity index (χ2v) is 8.47. The summed E-state index contributed by atoms with van der Waals surface area (Å²) in [6, 6.07) is 4.97. The Morgan fingerprint density at radius 3 is 2.83 bits per heavy atom. The average molecular weight is 412 g/mol. The third-order valence-corrected chi connectivity index (χ3v) is 6.27. The number of pyridine rings is 1. The SMILES string of the molecule is Cc1cc(NCC2(c3ncccc3F)CCC2)nnc1-c1ncc(CC(N)=O)s1. The molecule has 7 nitrogen and oxygen atoms in total. The van der Waals surface area contributed by atoms with Crippen molar-refractivity contribution in [2.45, 2.75) is 38.0 Å². The maximum Gasteiger partial charge on any atom is 0.222 e. The number of amides is 1. The number of nitrogens with zero attached hydrogens (tertiary/aromatic N) is 4. The first kappa shape index (κ1) is 19.4. The fourth-order valence-electron chi connectivity index (χ4n) is 3.59. The molecule has 1 fully saturated rings. The molecule has 0 radical (unpaired) electrons. The van der Waals surface area contributed by atoms with Crippen LogP contribution in [0.25, 0.3) is 10.7 Å². The molecule has 0 aliphatic heterocycles. The van der Waals surface area contributed by atoms with E-state index in [1.54, 1.807) is 18.5 Å². The predicted octanol–water partition coefficient (Wildman–Crippen LogP) is 3.00. The van der Waals surface area contributed by atoms with E-state index in [1.165, 1.54) is 17.4 Å². The molecule has 0 saturated heterocycles. The maximum atomic E-state index is 14.3. The molecule has 1 saturated carbocycles. The van der Waals surface area contributed by atoms with Gasteiger partial charge in [-0.15, -0.1) is 21.5 Å². The van der Waals surface area contributed by atoms with E-state index in [1.807, 2.05) is 13.0 Å². The molecule has 3 aromatic heterocycles. The van der Waals surface area contributed by atoms with Gasteiger partial charge in [-0.05, 0) is 43.5 Å². The number of thiazole rings is 1. The van der Waals surface area contributed by atoms with E-state index in [-0.39, 0.29) is 17.7 Å². The molecule has 3 heterocycles. The van der Waals surface area contributed by atoms with E-state index in [0.29, 0.717) is 28.8 Å². The monoisotopic (exact) mass is 412 g/mol. The summed E-state index contributed by atoms with van der Waals surface area (Å²) in [5.74, 6) is -0.0262. The minimum absolute atomic E-state index is 0.163. The second kappa shape index (κ2) is 7.82. The first-order valence-electron chi connectivity index (χ1n) is 9.39. The number of hydrogen-bond acceptors (Lipinski definition) is 7. The van der Waals surface area contributed by atoms with Crippen LogP contribution >= 0.6 is 11.3 Å². The van der Waals surface area contributed by atoms with Crippen molar-refractivity contribution in [2.24, 2.45) is 5.73 Å². The van der Waals surface area contributed by atoms with Crippen LogP contribution in [0, 0.1) is 12.7 Å². The number of carbonyl (C=O) groups is 1. The van der Waals surface area contributed by atoms with Gasteiger partial charge >= 0.3 is 0 Å². The van der Waals surface area contributed by atoms with Gasteiger partial charge in [-0.2, -0.15) is 0 Å². The van der Waals surface area contributed by atoms with E-state index in [9.17, 15) is 9.18 Å². The zero-order chi connectivity index (χ0) is 20.4. The Bertz CT molecular complexity index is 1050. The number of halogens is 1. The molecule has 1 amide bonds. The Morgan fingerprint density at radius 1 is 1.34 bits per heavy atom. The molecule has 3 N–H and O–H groups in total. The molecule has 1 aliphatic rings. The van der Waals surface area contributed by atoms with Crippen molar-refractivity contribution < 1.29 is 9.18 Å². The number of rotatable bonds is 7. The largest absolute Gasteiger partial charge is 0.369 e. The highest BCUT2D eigenvalue weighted by Gasteiger charge is 2.41. The minimum atomic E-state index is -0.392. The molecule has 150 valence electrons. The van der Waals surface area contributed by atoms with Gasteiger partial charge in [-0.3, -0.25) is 9.78 Å². The Kier molecular flexibility index (Phi) is 5.23. The lowest BCUT2D eigenvalue weighted by Crippen LogP contribution is -2.42. The molecule has 29 heavy (non-hydrogen) atoms. The second-order valence-electron chi connectivity index (χ2n) is 7.36. The Morgan fingerprint density at radius 2 is 2.17 bits per heavy atom. The number of nitrogens with one attached hydrogen (secondary N) is 1. The van der Waals surface area contributed by atoms with Gasteiger partial charge in [0.25, 0.3) is 0 Å². The summed E-state index contributed by atoms with van der Waals surface area (Å²) in [6.45, 7) is 2.48. The van der Waals surface area contributed by atoms with Gasteiger partial charge in [-0.1, -0.05) is 6.42 Å². The highest BCUT2D eigenvalue weighted by atomic mass is 32.1. The highest BCUT2D eigenvalue weighted by molar-refractivity contribution is 7.15. The first-order chi connectivity index (χ1) is 14.0. The van der Waals surface area contributed by atoms with Gasteiger partial charge in [-0.25, -0.2) is 9.37 Å². The zero-order valence-electron chi connectivity index (χ0n) is 16.0. The Labute approximate surface area is 171 Å². The van der Waals surface area contributed by atoms with E-state index in [0.717, 1.165) is 29.7 Å². The molecular weight excluding hydrogens is 391 g/mol. The topological polar surface area (TPSA) is 107 Å². The lowest BCUT2D eigenvalue weighted by atomic mass is 9.66. The van der Waals surface area contributed by atoms with Gasteiger partial charge in [0.1, 0.15) is 22.3 Å². The highest BCUT2D eigenvalue weighted by Crippen LogP contribution is 2.43. The third-order valence-electron chi connectivity index (χ3n) is 5.27. The summed E-state index contributed by atoms with van der Waals surface area (Å²) >= 11 is 1.38. The van der Waals surface area contributed by atoms with Gasteiger partial charge in [0.05, 0.1) is 12.1 Å². The van der Waals surface area contributed by atoms with Crippen LogP contribution in [0.15, 0.2) is 30.6 Å². The van der Waals surface area contributed by atoms with Gasteiger partial charge < -0.3 is 11.1 Å². The van der Waals surface area contributed by atoms with Crippen LogP contribution in [0.1, 0.15) is 35.4 Å². The standard InChI is InChI=1S/C20H21FN6OS/c1-12-8-16(26-27-17(12)19-24-10-13(29-19)9-15(22)28)25-11-20(5-3-6-20)18-14(21)4-2-7-23-18/h2,4,7-8,10H,3,5-6,9,11H2,1H3,(H2,22,28)(H,25,26). The molecule has 0 unspecified atom stereocenters. The predicted molar refractivity (Wildman–Crippen MR) is 109 cm³/mol. The quantitative estimate of drug-likeness (QED) is 0.618. The summed E-state index contributed by atoms with van der Waals surface area (Å²) in [7, 11) is 0. The van der Waals surface area contributed by atoms with Crippen LogP contribution in [-0.2, 0) is 16.6 Å². The number of aryl methyl sites for hydroxylation is 1. The van der Waals surface area contributed by atoms with Gasteiger partial charge in [0.15, 0.2) is 0 Å². The van der Waals surface area contributed by atoms with Crippen molar-refractivity contribution in [1.29, 1.82) is 0 Å². The number of nitrogens with two attached hydrogens (primary N) is 1. The Balaban J connectivity index is 1.49. The van der Waals surface area contributed by atoms with Crippen molar-refractivity contribution in [3.05, 3.63) is 52.5 Å².